The van der Waals surface area contributed by atoms with Crippen LogP contribution in [0.5, 0.6) is 0 Å². The number of likely N-dealkylation sites (N-methyl/N-ethyl adjacent to an activating group) is 1. The molecule has 0 spiro atoms. The van der Waals surface area contributed by atoms with Gasteiger partial charge in [0.25, 0.3) is 0 Å². The van der Waals surface area contributed by atoms with E-state index in [9.17, 15) is 9.59 Å². The van der Waals surface area contributed by atoms with Gasteiger partial charge >= 0.3 is 0 Å². The van der Waals surface area contributed by atoms with E-state index in [2.05, 4.69) is 29.0 Å². The quantitative estimate of drug-likeness (QED) is 0.849. The number of carbonyl (C=O) groups excluding carboxylic acids is 2. The summed E-state index contributed by atoms with van der Waals surface area (Å²) in [6.07, 6.45) is 3.47. The summed E-state index contributed by atoms with van der Waals surface area (Å²) in [6.45, 7) is 3.90. The topological polar surface area (TPSA) is 45.6 Å². The molecule has 1 saturated heterocycles. The summed E-state index contributed by atoms with van der Waals surface area (Å²) in [5.41, 5.74) is 1.18. The van der Waals surface area contributed by atoms with Crippen molar-refractivity contribution in [2.45, 2.75) is 32.4 Å². The zero-order chi connectivity index (χ0) is 16.4. The van der Waals surface area contributed by atoms with Gasteiger partial charge in [-0.3, -0.25) is 9.59 Å². The molecule has 2 amide bonds. The van der Waals surface area contributed by atoms with Crippen LogP contribution in [0, 0.1) is 0 Å². The van der Waals surface area contributed by atoms with Crippen molar-refractivity contribution in [2.75, 3.05) is 20.1 Å². The van der Waals surface area contributed by atoms with Gasteiger partial charge in [-0.25, -0.2) is 0 Å². The molecule has 2 aromatic rings. The van der Waals surface area contributed by atoms with E-state index in [1.54, 1.807) is 9.80 Å². The fourth-order valence-corrected chi connectivity index (χ4v) is 3.23. The van der Waals surface area contributed by atoms with E-state index in [0.29, 0.717) is 19.5 Å². The first kappa shape index (κ1) is 15.6. The number of fused-ring (bicyclic) bond motifs is 1. The number of nitrogens with zero attached hydrogens (tertiary/aromatic N) is 3. The monoisotopic (exact) mass is 313 g/mol. The van der Waals surface area contributed by atoms with Crippen molar-refractivity contribution in [3.8, 4) is 0 Å². The van der Waals surface area contributed by atoms with Crippen molar-refractivity contribution in [2.24, 2.45) is 0 Å². The van der Waals surface area contributed by atoms with Crippen molar-refractivity contribution >= 4 is 22.7 Å². The molecule has 1 aliphatic heterocycles. The van der Waals surface area contributed by atoms with Crippen LogP contribution in [-0.4, -0.2) is 52.4 Å². The van der Waals surface area contributed by atoms with Gasteiger partial charge in [0.15, 0.2) is 0 Å². The first-order chi connectivity index (χ1) is 11.1. The molecule has 1 atom stereocenters. The van der Waals surface area contributed by atoms with E-state index in [4.69, 9.17) is 0 Å². The molecule has 122 valence electrons. The van der Waals surface area contributed by atoms with Crippen molar-refractivity contribution in [1.29, 1.82) is 0 Å². The van der Waals surface area contributed by atoms with Crippen LogP contribution in [0.25, 0.3) is 10.9 Å². The maximum atomic E-state index is 12.5. The lowest BCUT2D eigenvalue weighted by Gasteiger charge is -2.28. The fraction of sp³-hybridized carbons (Fsp3) is 0.444. The molecule has 0 aliphatic carbocycles. The summed E-state index contributed by atoms with van der Waals surface area (Å²) in [7, 11) is 1.81. The largest absolute Gasteiger partial charge is 0.346 e. The molecule has 0 unspecified atom stereocenters. The lowest BCUT2D eigenvalue weighted by Crippen LogP contribution is -2.47. The summed E-state index contributed by atoms with van der Waals surface area (Å²) in [5, 5.41) is 1.21. The number of rotatable bonds is 5. The molecule has 5 nitrogen and oxygen atoms in total. The summed E-state index contributed by atoms with van der Waals surface area (Å²) < 4.78 is 2.16. The van der Waals surface area contributed by atoms with Crippen LogP contribution in [0.2, 0.25) is 0 Å². The van der Waals surface area contributed by atoms with Gasteiger partial charge in [0.2, 0.25) is 11.8 Å². The third kappa shape index (κ3) is 3.09. The number of para-hydroxylation sites is 1. The Kier molecular flexibility index (Phi) is 4.37. The van der Waals surface area contributed by atoms with E-state index >= 15 is 0 Å². The Labute approximate surface area is 136 Å². The predicted molar refractivity (Wildman–Crippen MR) is 90.0 cm³/mol. The summed E-state index contributed by atoms with van der Waals surface area (Å²) in [6, 6.07) is 9.94. The average Bonchev–Trinajstić information content (AvgIpc) is 3.17. The lowest BCUT2D eigenvalue weighted by molar-refractivity contribution is -0.142. The molecule has 2 heterocycles. The molecule has 0 N–H and O–H groups in total. The van der Waals surface area contributed by atoms with Gasteiger partial charge in [0, 0.05) is 44.8 Å². The molecule has 1 fully saturated rings. The predicted octanol–water partition coefficient (Wildman–Crippen LogP) is 2.11. The van der Waals surface area contributed by atoms with Crippen LogP contribution in [0.4, 0.5) is 0 Å². The second kappa shape index (κ2) is 6.44. The van der Waals surface area contributed by atoms with Crippen LogP contribution in [-0.2, 0) is 16.1 Å². The van der Waals surface area contributed by atoms with Gasteiger partial charge in [0.1, 0.15) is 6.04 Å². The minimum atomic E-state index is -0.364. The number of likely N-dealkylation sites (tertiary alicyclic amines) is 1. The molecular weight excluding hydrogens is 290 g/mol. The minimum absolute atomic E-state index is 0.0108. The number of hydrogen-bond donors (Lipinski definition) is 0. The molecule has 5 heteroatoms. The second-order valence-corrected chi connectivity index (χ2v) is 6.19. The maximum Gasteiger partial charge on any atom is 0.244 e. The zero-order valence-corrected chi connectivity index (χ0v) is 13.7. The fourth-order valence-electron chi connectivity index (χ4n) is 3.23. The van der Waals surface area contributed by atoms with Crippen molar-refractivity contribution < 1.29 is 9.59 Å². The minimum Gasteiger partial charge on any atom is -0.346 e. The van der Waals surface area contributed by atoms with Crippen LogP contribution >= 0.6 is 0 Å². The first-order valence-electron chi connectivity index (χ1n) is 8.16. The highest BCUT2D eigenvalue weighted by Crippen LogP contribution is 2.16. The molecule has 0 saturated carbocycles. The van der Waals surface area contributed by atoms with Crippen molar-refractivity contribution in [3.05, 3.63) is 36.5 Å². The molecule has 0 radical (unpaired) electrons. The Bertz CT molecular complexity index is 722. The number of benzene rings is 1. The average molecular weight is 313 g/mol. The Hall–Kier alpha value is -2.30. The first-order valence-corrected chi connectivity index (χ1v) is 8.16. The molecule has 1 aliphatic rings. The van der Waals surface area contributed by atoms with Crippen LogP contribution in [0.3, 0.4) is 0 Å². The van der Waals surface area contributed by atoms with Gasteiger partial charge in [-0.2, -0.15) is 0 Å². The highest BCUT2D eigenvalue weighted by Gasteiger charge is 2.30. The van der Waals surface area contributed by atoms with E-state index in [0.717, 1.165) is 13.0 Å². The lowest BCUT2D eigenvalue weighted by atomic mass is 10.2. The van der Waals surface area contributed by atoms with E-state index in [-0.39, 0.29) is 17.9 Å². The Balaban J connectivity index is 1.61. The Morgan fingerprint density at radius 3 is 2.83 bits per heavy atom. The number of amides is 2. The normalized spacial score (nSPS) is 16.1. The summed E-state index contributed by atoms with van der Waals surface area (Å²) in [5.74, 6) is 0.104. The molecular formula is C18H23N3O2. The molecule has 1 aromatic carbocycles. The van der Waals surface area contributed by atoms with E-state index < -0.39 is 0 Å². The van der Waals surface area contributed by atoms with E-state index in [1.165, 1.54) is 10.9 Å². The number of hydrogen-bond acceptors (Lipinski definition) is 2. The third-order valence-electron chi connectivity index (χ3n) is 4.67. The van der Waals surface area contributed by atoms with Gasteiger partial charge in [0.05, 0.1) is 0 Å². The van der Waals surface area contributed by atoms with E-state index in [1.807, 2.05) is 26.1 Å². The van der Waals surface area contributed by atoms with Crippen molar-refractivity contribution in [3.63, 3.8) is 0 Å². The van der Waals surface area contributed by atoms with Gasteiger partial charge < -0.3 is 14.4 Å². The molecule has 23 heavy (non-hydrogen) atoms. The zero-order valence-electron chi connectivity index (χ0n) is 13.7. The number of aromatic nitrogens is 1. The van der Waals surface area contributed by atoms with Crippen LogP contribution < -0.4 is 0 Å². The highest BCUT2D eigenvalue weighted by molar-refractivity contribution is 5.88. The Morgan fingerprint density at radius 1 is 1.30 bits per heavy atom. The molecule has 1 aromatic heterocycles. The smallest absolute Gasteiger partial charge is 0.244 e. The standard InChI is InChI=1S/C18H23N3O2/c1-14(21-10-5-8-17(21)22)18(23)19(2)12-13-20-11-9-15-6-3-4-7-16(15)20/h3-4,6-7,9,11,14H,5,8,10,12-13H2,1-2H3/t14-/m1/s1. The van der Waals surface area contributed by atoms with Gasteiger partial charge in [-0.05, 0) is 30.9 Å². The second-order valence-electron chi connectivity index (χ2n) is 6.19. The van der Waals surface area contributed by atoms with Gasteiger partial charge in [-0.1, -0.05) is 18.2 Å². The SMILES string of the molecule is C[C@H](C(=O)N(C)CCn1ccc2ccccc21)N1CCCC1=O. The van der Waals surface area contributed by atoms with Crippen LogP contribution in [0.1, 0.15) is 19.8 Å². The Morgan fingerprint density at radius 2 is 2.09 bits per heavy atom. The van der Waals surface area contributed by atoms with Gasteiger partial charge in [-0.15, -0.1) is 0 Å². The highest BCUT2D eigenvalue weighted by atomic mass is 16.2. The molecule has 3 rings (SSSR count). The van der Waals surface area contributed by atoms with Crippen LogP contribution in [0.15, 0.2) is 36.5 Å². The third-order valence-corrected chi connectivity index (χ3v) is 4.67. The maximum absolute atomic E-state index is 12.5. The summed E-state index contributed by atoms with van der Waals surface area (Å²) in [4.78, 5) is 27.7. The number of carbonyl (C=O) groups is 2. The summed E-state index contributed by atoms with van der Waals surface area (Å²) >= 11 is 0. The molecule has 0 bridgehead atoms. The van der Waals surface area contributed by atoms with Crippen molar-refractivity contribution in [1.82, 2.24) is 14.4 Å².